The molecule has 2 aliphatic heterocycles. The van der Waals surface area contributed by atoms with Crippen LogP contribution in [0.15, 0.2) is 48.8 Å². The number of hydrogen-bond acceptors (Lipinski definition) is 4. The van der Waals surface area contributed by atoms with E-state index in [0.29, 0.717) is 31.5 Å². The summed E-state index contributed by atoms with van der Waals surface area (Å²) < 4.78 is 28.0. The first-order chi connectivity index (χ1) is 12.6. The Morgan fingerprint density at radius 3 is 2.65 bits per heavy atom. The summed E-state index contributed by atoms with van der Waals surface area (Å²) in [6.45, 7) is 1.31. The summed E-state index contributed by atoms with van der Waals surface area (Å²) in [6, 6.07) is 11.0. The van der Waals surface area contributed by atoms with Gasteiger partial charge in [-0.1, -0.05) is 18.2 Å². The van der Waals surface area contributed by atoms with Gasteiger partial charge in [-0.25, -0.2) is 8.42 Å². The zero-order valence-corrected chi connectivity index (χ0v) is 15.2. The fourth-order valence-electron chi connectivity index (χ4n) is 3.80. The number of fused-ring (bicyclic) bond motifs is 1. The Morgan fingerprint density at radius 1 is 1.08 bits per heavy atom. The summed E-state index contributed by atoms with van der Waals surface area (Å²) in [5.41, 5.74) is 2.39. The van der Waals surface area contributed by atoms with Crippen molar-refractivity contribution in [1.82, 2.24) is 9.88 Å². The molecule has 0 radical (unpaired) electrons. The number of nitrogens with zero attached hydrogens (tertiary/aromatic N) is 3. The molecule has 1 amide bonds. The Hall–Kier alpha value is -2.41. The van der Waals surface area contributed by atoms with E-state index in [1.165, 1.54) is 4.31 Å². The minimum absolute atomic E-state index is 0.130. The molecule has 0 N–H and O–H groups in total. The van der Waals surface area contributed by atoms with Crippen LogP contribution < -0.4 is 4.31 Å². The first-order valence-corrected chi connectivity index (χ1v) is 10.4. The number of hydrogen-bond donors (Lipinski definition) is 0. The molecule has 0 spiro atoms. The summed E-state index contributed by atoms with van der Waals surface area (Å²) in [5, 5.41) is -0.562. The molecule has 1 fully saturated rings. The normalized spacial score (nSPS) is 20.1. The Labute approximate surface area is 153 Å². The van der Waals surface area contributed by atoms with Crippen molar-refractivity contribution in [3.8, 4) is 0 Å². The van der Waals surface area contributed by atoms with Gasteiger partial charge in [0.25, 0.3) is 5.91 Å². The third-order valence-electron chi connectivity index (χ3n) is 5.17. The number of likely N-dealkylation sites (tertiary alicyclic amines) is 1. The van der Waals surface area contributed by atoms with Crippen LogP contribution in [-0.4, -0.2) is 49.1 Å². The molecule has 4 rings (SSSR count). The lowest BCUT2D eigenvalue weighted by Gasteiger charge is -2.35. The number of benzene rings is 1. The lowest BCUT2D eigenvalue weighted by Crippen LogP contribution is -2.49. The van der Waals surface area contributed by atoms with Crippen LogP contribution in [0, 0.1) is 0 Å². The van der Waals surface area contributed by atoms with Crippen molar-refractivity contribution >= 4 is 21.6 Å². The van der Waals surface area contributed by atoms with Crippen LogP contribution in [0.1, 0.15) is 28.8 Å². The van der Waals surface area contributed by atoms with Crippen LogP contribution in [0.2, 0.25) is 0 Å². The number of anilines is 1. The molecule has 136 valence electrons. The average molecular weight is 371 g/mol. The van der Waals surface area contributed by atoms with Gasteiger partial charge in [0.05, 0.1) is 10.9 Å². The van der Waals surface area contributed by atoms with Gasteiger partial charge in [0.15, 0.2) is 0 Å². The van der Waals surface area contributed by atoms with Gasteiger partial charge in [-0.3, -0.25) is 14.1 Å². The quantitative estimate of drug-likeness (QED) is 0.828. The van der Waals surface area contributed by atoms with Crippen molar-refractivity contribution in [2.45, 2.75) is 24.5 Å². The summed E-state index contributed by atoms with van der Waals surface area (Å²) in [7, 11) is -3.50. The zero-order chi connectivity index (χ0) is 18.1. The fourth-order valence-corrected chi connectivity index (χ4v) is 5.79. The number of carbonyl (C=O) groups excluding carboxylic acids is 1. The van der Waals surface area contributed by atoms with E-state index in [1.54, 1.807) is 29.4 Å². The van der Waals surface area contributed by atoms with E-state index in [4.69, 9.17) is 0 Å². The maximum absolute atomic E-state index is 13.2. The van der Waals surface area contributed by atoms with E-state index < -0.39 is 15.3 Å². The standard InChI is InChI=1S/C19H21N3O3S/c23-19(16-7-10-20-11-8-16)21-12-3-5-17(14-21)26(24,25)22-13-9-15-4-1-2-6-18(15)22/h1-2,4,6-8,10-11,17H,3,5,9,12-14H2/t17-/m1/s1. The number of para-hydroxylation sites is 1. The van der Waals surface area contributed by atoms with Gasteiger partial charge in [0.2, 0.25) is 10.0 Å². The molecule has 1 atom stereocenters. The van der Waals surface area contributed by atoms with Crippen molar-refractivity contribution < 1.29 is 13.2 Å². The largest absolute Gasteiger partial charge is 0.337 e. The van der Waals surface area contributed by atoms with Crippen molar-refractivity contribution in [3.63, 3.8) is 0 Å². The molecule has 1 aromatic heterocycles. The van der Waals surface area contributed by atoms with E-state index in [9.17, 15) is 13.2 Å². The average Bonchev–Trinajstić information content (AvgIpc) is 3.13. The molecular weight excluding hydrogens is 350 g/mol. The summed E-state index contributed by atoms with van der Waals surface area (Å²) in [6.07, 6.45) is 5.16. The Bertz CT molecular complexity index is 915. The van der Waals surface area contributed by atoms with Crippen LogP contribution >= 0.6 is 0 Å². The maximum Gasteiger partial charge on any atom is 0.254 e. The van der Waals surface area contributed by atoms with Gasteiger partial charge < -0.3 is 4.90 Å². The first kappa shape index (κ1) is 17.0. The number of aromatic nitrogens is 1. The van der Waals surface area contributed by atoms with Gasteiger partial charge in [-0.2, -0.15) is 0 Å². The van der Waals surface area contributed by atoms with Crippen LogP contribution in [0.3, 0.4) is 0 Å². The highest BCUT2D eigenvalue weighted by Crippen LogP contribution is 2.33. The second kappa shape index (κ2) is 6.72. The molecule has 3 heterocycles. The number of rotatable bonds is 3. The van der Waals surface area contributed by atoms with Gasteiger partial charge in [0, 0.05) is 37.6 Å². The predicted molar refractivity (Wildman–Crippen MR) is 99.6 cm³/mol. The number of piperidine rings is 1. The van der Waals surface area contributed by atoms with Crippen LogP contribution in [0.25, 0.3) is 0 Å². The SMILES string of the molecule is O=C(c1ccncc1)N1CCC[C@@H](S(=O)(=O)N2CCc3ccccc32)C1. The number of carbonyl (C=O) groups is 1. The minimum atomic E-state index is -3.50. The van der Waals surface area contributed by atoms with Crippen LogP contribution in [0.5, 0.6) is 0 Å². The molecule has 0 unspecified atom stereocenters. The lowest BCUT2D eigenvalue weighted by atomic mass is 10.1. The van der Waals surface area contributed by atoms with Crippen molar-refractivity contribution in [2.24, 2.45) is 0 Å². The van der Waals surface area contributed by atoms with Crippen molar-refractivity contribution in [3.05, 3.63) is 59.9 Å². The molecule has 0 bridgehead atoms. The molecule has 1 aromatic carbocycles. The lowest BCUT2D eigenvalue weighted by molar-refractivity contribution is 0.0726. The van der Waals surface area contributed by atoms with Gasteiger partial charge in [-0.15, -0.1) is 0 Å². The number of pyridine rings is 1. The van der Waals surface area contributed by atoms with E-state index in [1.807, 2.05) is 24.3 Å². The van der Waals surface area contributed by atoms with E-state index >= 15 is 0 Å². The van der Waals surface area contributed by atoms with Gasteiger partial charge in [0.1, 0.15) is 0 Å². The number of sulfonamides is 1. The van der Waals surface area contributed by atoms with E-state index in [0.717, 1.165) is 17.7 Å². The highest BCUT2D eigenvalue weighted by molar-refractivity contribution is 7.93. The second-order valence-electron chi connectivity index (χ2n) is 6.75. The van der Waals surface area contributed by atoms with Crippen LogP contribution in [0.4, 0.5) is 5.69 Å². The van der Waals surface area contributed by atoms with Gasteiger partial charge >= 0.3 is 0 Å². The Morgan fingerprint density at radius 2 is 1.85 bits per heavy atom. The molecule has 0 saturated carbocycles. The smallest absolute Gasteiger partial charge is 0.254 e. The molecule has 2 aromatic rings. The zero-order valence-electron chi connectivity index (χ0n) is 14.4. The number of amides is 1. The van der Waals surface area contributed by atoms with Gasteiger partial charge in [-0.05, 0) is 43.0 Å². The molecule has 7 heteroatoms. The molecule has 26 heavy (non-hydrogen) atoms. The van der Waals surface area contributed by atoms with Crippen molar-refractivity contribution in [2.75, 3.05) is 23.9 Å². The molecule has 1 saturated heterocycles. The maximum atomic E-state index is 13.2. The highest BCUT2D eigenvalue weighted by Gasteiger charge is 2.39. The highest BCUT2D eigenvalue weighted by atomic mass is 32.2. The monoisotopic (exact) mass is 371 g/mol. The first-order valence-electron chi connectivity index (χ1n) is 8.86. The van der Waals surface area contributed by atoms with E-state index in [2.05, 4.69) is 4.98 Å². The third kappa shape index (κ3) is 2.96. The fraction of sp³-hybridized carbons (Fsp3) is 0.368. The Balaban J connectivity index is 1.55. The van der Waals surface area contributed by atoms with Crippen LogP contribution in [-0.2, 0) is 16.4 Å². The summed E-state index contributed by atoms with van der Waals surface area (Å²) in [5.74, 6) is -0.130. The molecule has 6 nitrogen and oxygen atoms in total. The summed E-state index contributed by atoms with van der Waals surface area (Å²) in [4.78, 5) is 18.3. The third-order valence-corrected chi connectivity index (χ3v) is 7.39. The molecule has 0 aliphatic carbocycles. The predicted octanol–water partition coefficient (Wildman–Crippen LogP) is 2.08. The van der Waals surface area contributed by atoms with Crippen molar-refractivity contribution in [1.29, 1.82) is 0 Å². The summed E-state index contributed by atoms with van der Waals surface area (Å²) >= 11 is 0. The second-order valence-corrected chi connectivity index (χ2v) is 8.88. The topological polar surface area (TPSA) is 70.6 Å². The molecular formula is C19H21N3O3S. The minimum Gasteiger partial charge on any atom is -0.337 e. The van der Waals surface area contributed by atoms with E-state index in [-0.39, 0.29) is 12.5 Å². The molecule has 2 aliphatic rings. The Kier molecular flexibility index (Phi) is 4.40.